The average Bonchev–Trinajstić information content (AvgIpc) is 2.40. The van der Waals surface area contributed by atoms with Gasteiger partial charge in [-0.05, 0) is 69.6 Å². The molecular weight excluding hydrogens is 284 g/mol. The molecule has 0 bridgehead atoms. The highest BCUT2D eigenvalue weighted by Crippen LogP contribution is 2.31. The predicted octanol–water partition coefficient (Wildman–Crippen LogP) is 4.48. The van der Waals surface area contributed by atoms with Crippen LogP contribution < -0.4 is 10.1 Å². The lowest BCUT2D eigenvalue weighted by atomic mass is 10.1. The molecule has 0 radical (unpaired) electrons. The molecule has 2 aromatic rings. The molecule has 1 heterocycles. The van der Waals surface area contributed by atoms with E-state index < -0.39 is 0 Å². The molecule has 112 valence electrons. The van der Waals surface area contributed by atoms with Crippen LogP contribution in [0.2, 0.25) is 5.02 Å². The molecule has 0 unspecified atom stereocenters. The summed E-state index contributed by atoms with van der Waals surface area (Å²) in [4.78, 5) is 4.53. The van der Waals surface area contributed by atoms with Crippen molar-refractivity contribution >= 4 is 11.6 Å². The standard InChI is InChI=1S/C17H21ClN2O/c1-10-6-13(4)20-17(15(10)9-19-5)21-14-7-11(2)16(18)12(3)8-14/h6-8,19H,9H2,1-5H3. The van der Waals surface area contributed by atoms with Crippen LogP contribution in [-0.2, 0) is 6.54 Å². The van der Waals surface area contributed by atoms with E-state index in [2.05, 4.69) is 23.3 Å². The number of rotatable bonds is 4. The normalized spacial score (nSPS) is 10.8. The number of aryl methyl sites for hydroxylation is 4. The maximum Gasteiger partial charge on any atom is 0.224 e. The lowest BCUT2D eigenvalue weighted by Crippen LogP contribution is -2.09. The number of ether oxygens (including phenoxy) is 1. The highest BCUT2D eigenvalue weighted by molar-refractivity contribution is 6.32. The summed E-state index contributed by atoms with van der Waals surface area (Å²) in [5.41, 5.74) is 5.21. The van der Waals surface area contributed by atoms with Gasteiger partial charge in [0.1, 0.15) is 5.75 Å². The fourth-order valence-corrected chi connectivity index (χ4v) is 2.49. The van der Waals surface area contributed by atoms with Gasteiger partial charge in [-0.25, -0.2) is 4.98 Å². The second kappa shape index (κ2) is 6.46. The van der Waals surface area contributed by atoms with Gasteiger partial charge in [-0.1, -0.05) is 11.6 Å². The Morgan fingerprint density at radius 2 is 1.67 bits per heavy atom. The summed E-state index contributed by atoms with van der Waals surface area (Å²) in [7, 11) is 1.92. The number of aromatic nitrogens is 1. The zero-order valence-electron chi connectivity index (χ0n) is 13.2. The Hall–Kier alpha value is -1.58. The third-order valence-corrected chi connectivity index (χ3v) is 4.01. The van der Waals surface area contributed by atoms with Gasteiger partial charge in [0, 0.05) is 22.8 Å². The van der Waals surface area contributed by atoms with Crippen LogP contribution in [0.25, 0.3) is 0 Å². The Morgan fingerprint density at radius 3 is 2.24 bits per heavy atom. The smallest absolute Gasteiger partial charge is 0.224 e. The summed E-state index contributed by atoms with van der Waals surface area (Å²) in [6, 6.07) is 5.95. The lowest BCUT2D eigenvalue weighted by molar-refractivity contribution is 0.451. The molecule has 21 heavy (non-hydrogen) atoms. The Balaban J connectivity index is 2.43. The predicted molar refractivity (Wildman–Crippen MR) is 87.5 cm³/mol. The minimum Gasteiger partial charge on any atom is -0.439 e. The van der Waals surface area contributed by atoms with E-state index in [4.69, 9.17) is 16.3 Å². The van der Waals surface area contributed by atoms with Crippen molar-refractivity contribution in [1.29, 1.82) is 0 Å². The van der Waals surface area contributed by atoms with Crippen molar-refractivity contribution in [2.75, 3.05) is 7.05 Å². The van der Waals surface area contributed by atoms with Gasteiger partial charge in [-0.15, -0.1) is 0 Å². The molecule has 0 aliphatic carbocycles. The van der Waals surface area contributed by atoms with E-state index >= 15 is 0 Å². The summed E-state index contributed by atoms with van der Waals surface area (Å²) < 4.78 is 6.03. The number of benzene rings is 1. The maximum atomic E-state index is 6.20. The molecule has 0 saturated heterocycles. The summed E-state index contributed by atoms with van der Waals surface area (Å²) in [6.45, 7) is 8.73. The molecule has 0 aliphatic rings. The van der Waals surface area contributed by atoms with Crippen LogP contribution in [0.3, 0.4) is 0 Å². The van der Waals surface area contributed by atoms with Crippen LogP contribution >= 0.6 is 11.6 Å². The minimum atomic E-state index is 0.656. The van der Waals surface area contributed by atoms with Crippen LogP contribution in [0.1, 0.15) is 27.9 Å². The van der Waals surface area contributed by atoms with Crippen LogP contribution in [-0.4, -0.2) is 12.0 Å². The van der Waals surface area contributed by atoms with Gasteiger partial charge in [-0.3, -0.25) is 0 Å². The van der Waals surface area contributed by atoms with Crippen LogP contribution in [0.4, 0.5) is 0 Å². The van der Waals surface area contributed by atoms with E-state index in [1.165, 1.54) is 5.56 Å². The Labute approximate surface area is 131 Å². The molecular formula is C17H21ClN2O. The largest absolute Gasteiger partial charge is 0.439 e. The van der Waals surface area contributed by atoms with Crippen molar-refractivity contribution in [1.82, 2.24) is 10.3 Å². The van der Waals surface area contributed by atoms with Crippen molar-refractivity contribution in [3.8, 4) is 11.6 Å². The van der Waals surface area contributed by atoms with E-state index in [1.54, 1.807) is 0 Å². The van der Waals surface area contributed by atoms with Crippen LogP contribution in [0, 0.1) is 27.7 Å². The first-order chi connectivity index (χ1) is 9.92. The van der Waals surface area contributed by atoms with Crippen molar-refractivity contribution in [2.45, 2.75) is 34.2 Å². The first-order valence-corrected chi connectivity index (χ1v) is 7.36. The Bertz CT molecular complexity index is 645. The monoisotopic (exact) mass is 304 g/mol. The van der Waals surface area contributed by atoms with Gasteiger partial charge in [0.15, 0.2) is 0 Å². The zero-order valence-corrected chi connectivity index (χ0v) is 13.9. The van der Waals surface area contributed by atoms with Crippen molar-refractivity contribution in [3.63, 3.8) is 0 Å². The number of hydrogen-bond donors (Lipinski definition) is 1. The first kappa shape index (κ1) is 15.8. The third kappa shape index (κ3) is 3.55. The first-order valence-electron chi connectivity index (χ1n) is 6.98. The average molecular weight is 305 g/mol. The molecule has 0 amide bonds. The number of hydrogen-bond acceptors (Lipinski definition) is 3. The second-order valence-electron chi connectivity index (χ2n) is 5.37. The van der Waals surface area contributed by atoms with Gasteiger partial charge in [-0.2, -0.15) is 0 Å². The highest BCUT2D eigenvalue weighted by Gasteiger charge is 2.12. The van der Waals surface area contributed by atoms with Crippen molar-refractivity contribution in [3.05, 3.63) is 51.2 Å². The minimum absolute atomic E-state index is 0.656. The van der Waals surface area contributed by atoms with Crippen molar-refractivity contribution in [2.24, 2.45) is 0 Å². The van der Waals surface area contributed by atoms with Gasteiger partial charge < -0.3 is 10.1 Å². The van der Waals surface area contributed by atoms with E-state index in [9.17, 15) is 0 Å². The fraction of sp³-hybridized carbons (Fsp3) is 0.353. The lowest BCUT2D eigenvalue weighted by Gasteiger charge is -2.15. The Morgan fingerprint density at radius 1 is 1.05 bits per heavy atom. The third-order valence-electron chi connectivity index (χ3n) is 3.42. The molecule has 2 rings (SSSR count). The van der Waals surface area contributed by atoms with Gasteiger partial charge >= 0.3 is 0 Å². The van der Waals surface area contributed by atoms with Crippen LogP contribution in [0.15, 0.2) is 18.2 Å². The zero-order chi connectivity index (χ0) is 15.6. The number of nitrogens with one attached hydrogen (secondary N) is 1. The van der Waals surface area contributed by atoms with Gasteiger partial charge in [0.2, 0.25) is 5.88 Å². The van der Waals surface area contributed by atoms with E-state index in [0.717, 1.165) is 39.7 Å². The summed E-state index contributed by atoms with van der Waals surface area (Å²) in [5, 5.41) is 3.94. The molecule has 3 nitrogen and oxygen atoms in total. The quantitative estimate of drug-likeness (QED) is 0.904. The summed E-state index contributed by atoms with van der Waals surface area (Å²) in [6.07, 6.45) is 0. The van der Waals surface area contributed by atoms with E-state index in [0.29, 0.717) is 5.88 Å². The SMILES string of the molecule is CNCc1c(C)cc(C)nc1Oc1cc(C)c(Cl)c(C)c1. The second-order valence-corrected chi connectivity index (χ2v) is 5.75. The highest BCUT2D eigenvalue weighted by atomic mass is 35.5. The molecule has 0 atom stereocenters. The summed E-state index contributed by atoms with van der Waals surface area (Å²) in [5.74, 6) is 1.42. The fourth-order valence-electron chi connectivity index (χ4n) is 2.38. The molecule has 0 spiro atoms. The number of nitrogens with zero attached hydrogens (tertiary/aromatic N) is 1. The van der Waals surface area contributed by atoms with E-state index in [-0.39, 0.29) is 0 Å². The topological polar surface area (TPSA) is 34.2 Å². The van der Waals surface area contributed by atoms with Gasteiger partial charge in [0.25, 0.3) is 0 Å². The molecule has 0 aliphatic heterocycles. The molecule has 1 aromatic carbocycles. The van der Waals surface area contributed by atoms with E-state index in [1.807, 2.05) is 40.0 Å². The number of halogens is 1. The molecule has 1 aromatic heterocycles. The molecule has 0 saturated carbocycles. The molecule has 0 fully saturated rings. The Kier molecular flexibility index (Phi) is 4.86. The van der Waals surface area contributed by atoms with Crippen LogP contribution in [0.5, 0.6) is 11.6 Å². The molecule has 1 N–H and O–H groups in total. The molecule has 4 heteroatoms. The van der Waals surface area contributed by atoms with Crippen molar-refractivity contribution < 1.29 is 4.74 Å². The summed E-state index contributed by atoms with van der Waals surface area (Å²) >= 11 is 6.20. The maximum absolute atomic E-state index is 6.20. The number of pyridine rings is 1. The van der Waals surface area contributed by atoms with Gasteiger partial charge in [0.05, 0.1) is 0 Å².